The molecule has 0 bridgehead atoms. The highest BCUT2D eigenvalue weighted by atomic mass is 32.2. The third kappa shape index (κ3) is 4.47. The highest BCUT2D eigenvalue weighted by molar-refractivity contribution is 7.93. The Kier molecular flexibility index (Phi) is 5.48. The molecule has 1 saturated heterocycles. The van der Waals surface area contributed by atoms with Crippen LogP contribution < -0.4 is 14.5 Å². The zero-order valence-corrected chi connectivity index (χ0v) is 16.6. The molecule has 6 nitrogen and oxygen atoms in total. The Labute approximate surface area is 167 Å². The summed E-state index contributed by atoms with van der Waals surface area (Å²) in [6, 6.07) is 9.37. The Balaban J connectivity index is 1.83. The van der Waals surface area contributed by atoms with Crippen molar-refractivity contribution in [3.63, 3.8) is 0 Å². The normalized spacial score (nSPS) is 16.0. The molecule has 2 aromatic rings. The molecule has 0 spiro atoms. The summed E-state index contributed by atoms with van der Waals surface area (Å²) in [5, 5.41) is 2.30. The topological polar surface area (TPSA) is 69.7 Å². The number of carbonyl (C=O) groups is 1. The van der Waals surface area contributed by atoms with E-state index in [4.69, 9.17) is 0 Å². The van der Waals surface area contributed by atoms with Gasteiger partial charge in [0.2, 0.25) is 10.0 Å². The predicted octanol–water partition coefficient (Wildman–Crippen LogP) is 3.56. The number of benzene rings is 2. The molecule has 0 unspecified atom stereocenters. The number of sulfonamides is 1. The van der Waals surface area contributed by atoms with Crippen LogP contribution in [0, 0.1) is 0 Å². The van der Waals surface area contributed by atoms with E-state index in [1.165, 1.54) is 45.6 Å². The van der Waals surface area contributed by atoms with Crippen LogP contribution >= 0.6 is 0 Å². The van der Waals surface area contributed by atoms with E-state index in [2.05, 4.69) is 5.32 Å². The second-order valence-electron chi connectivity index (χ2n) is 6.86. The van der Waals surface area contributed by atoms with Crippen LogP contribution in [0.3, 0.4) is 0 Å². The molecule has 0 aliphatic carbocycles. The number of anilines is 3. The number of rotatable bonds is 4. The summed E-state index contributed by atoms with van der Waals surface area (Å²) in [5.41, 5.74) is -0.400. The van der Waals surface area contributed by atoms with Crippen molar-refractivity contribution < 1.29 is 26.4 Å². The van der Waals surface area contributed by atoms with Gasteiger partial charge in [-0.15, -0.1) is 0 Å². The summed E-state index contributed by atoms with van der Waals surface area (Å²) in [6.07, 6.45) is -4.11. The minimum absolute atomic E-state index is 0.0679. The van der Waals surface area contributed by atoms with E-state index >= 15 is 0 Å². The first-order chi connectivity index (χ1) is 13.5. The smallest absolute Gasteiger partial charge is 0.378 e. The number of halogens is 3. The number of hydrogen-bond acceptors (Lipinski definition) is 4. The van der Waals surface area contributed by atoms with Crippen LogP contribution in [0.25, 0.3) is 0 Å². The van der Waals surface area contributed by atoms with Crippen LogP contribution in [-0.4, -0.2) is 40.7 Å². The number of nitrogens with one attached hydrogen (secondary N) is 1. The first-order valence-electron chi connectivity index (χ1n) is 8.79. The molecule has 0 atom stereocenters. The lowest BCUT2D eigenvalue weighted by atomic mass is 10.1. The minimum Gasteiger partial charge on any atom is -0.378 e. The molecule has 29 heavy (non-hydrogen) atoms. The highest BCUT2D eigenvalue weighted by Gasteiger charge is 2.34. The van der Waals surface area contributed by atoms with Gasteiger partial charge in [0.05, 0.1) is 22.7 Å². The van der Waals surface area contributed by atoms with Crippen LogP contribution in [-0.2, 0) is 16.2 Å². The van der Waals surface area contributed by atoms with E-state index < -0.39 is 27.7 Å². The zero-order chi connectivity index (χ0) is 21.4. The third-order valence-corrected chi connectivity index (χ3v) is 6.46. The molecule has 0 aromatic heterocycles. The second-order valence-corrected chi connectivity index (χ2v) is 8.88. The molecule has 1 aliphatic rings. The first-order valence-corrected chi connectivity index (χ1v) is 10.4. The van der Waals surface area contributed by atoms with Crippen LogP contribution in [0.1, 0.15) is 22.3 Å². The minimum atomic E-state index is -4.64. The zero-order valence-electron chi connectivity index (χ0n) is 15.8. The molecule has 10 heteroatoms. The van der Waals surface area contributed by atoms with Crippen LogP contribution in [0.5, 0.6) is 0 Å². The van der Waals surface area contributed by atoms with Crippen LogP contribution in [0.4, 0.5) is 30.2 Å². The van der Waals surface area contributed by atoms with E-state index in [-0.39, 0.29) is 17.0 Å². The average Bonchev–Trinajstić information content (AvgIpc) is 3.00. The van der Waals surface area contributed by atoms with Crippen molar-refractivity contribution in [1.82, 2.24) is 0 Å². The maximum absolute atomic E-state index is 13.4. The molecule has 1 fully saturated rings. The van der Waals surface area contributed by atoms with E-state index in [1.54, 1.807) is 14.1 Å². The SMILES string of the molecule is CN(C)c1ccc(NC(=O)c2ccc(N3CCCS3(=O)=O)cc2)c(C(F)(F)F)c1. The number of alkyl halides is 3. The predicted molar refractivity (Wildman–Crippen MR) is 106 cm³/mol. The Morgan fingerprint density at radius 3 is 2.28 bits per heavy atom. The fourth-order valence-corrected chi connectivity index (χ4v) is 4.62. The van der Waals surface area contributed by atoms with Gasteiger partial charge in [-0.2, -0.15) is 13.2 Å². The van der Waals surface area contributed by atoms with Crippen molar-refractivity contribution in [1.29, 1.82) is 0 Å². The number of nitrogens with zero attached hydrogens (tertiary/aromatic N) is 2. The van der Waals surface area contributed by atoms with Gasteiger partial charge in [0.25, 0.3) is 5.91 Å². The molecule has 156 valence electrons. The van der Waals surface area contributed by atoms with Crippen LogP contribution in [0.15, 0.2) is 42.5 Å². The fraction of sp³-hybridized carbons (Fsp3) is 0.316. The van der Waals surface area contributed by atoms with E-state index in [0.717, 1.165) is 6.07 Å². The van der Waals surface area contributed by atoms with Crippen molar-refractivity contribution in [3.8, 4) is 0 Å². The molecule has 2 aromatic carbocycles. The van der Waals surface area contributed by atoms with Gasteiger partial charge in [0, 0.05) is 31.9 Å². The van der Waals surface area contributed by atoms with Gasteiger partial charge in [0.1, 0.15) is 0 Å². The van der Waals surface area contributed by atoms with Gasteiger partial charge in [-0.1, -0.05) is 0 Å². The van der Waals surface area contributed by atoms with E-state index in [1.807, 2.05) is 0 Å². The lowest BCUT2D eigenvalue weighted by Gasteiger charge is -2.19. The lowest BCUT2D eigenvalue weighted by molar-refractivity contribution is -0.136. The van der Waals surface area contributed by atoms with Gasteiger partial charge in [-0.25, -0.2) is 8.42 Å². The van der Waals surface area contributed by atoms with Crippen molar-refractivity contribution >= 4 is 33.0 Å². The lowest BCUT2D eigenvalue weighted by Crippen LogP contribution is -2.25. The fourth-order valence-electron chi connectivity index (χ4n) is 3.06. The molecule has 1 amide bonds. The third-order valence-electron chi connectivity index (χ3n) is 4.59. The summed E-state index contributed by atoms with van der Waals surface area (Å²) in [4.78, 5) is 14.0. The van der Waals surface area contributed by atoms with E-state index in [9.17, 15) is 26.4 Å². The maximum Gasteiger partial charge on any atom is 0.418 e. The monoisotopic (exact) mass is 427 g/mol. The number of amides is 1. The van der Waals surface area contributed by atoms with Gasteiger partial charge in [-0.3, -0.25) is 9.10 Å². The van der Waals surface area contributed by atoms with Crippen LogP contribution in [0.2, 0.25) is 0 Å². The molecule has 3 rings (SSSR count). The van der Waals surface area contributed by atoms with Gasteiger partial charge in [0.15, 0.2) is 0 Å². The van der Waals surface area contributed by atoms with Crippen molar-refractivity contribution in [3.05, 3.63) is 53.6 Å². The molecular formula is C19H20F3N3O3S. The standard InChI is InChI=1S/C19H20F3N3O3S/c1-24(2)15-8-9-17(16(12-15)19(20,21)22)23-18(26)13-4-6-14(7-5-13)25-10-3-11-29(25,27)28/h4-9,12H,3,10-11H2,1-2H3,(H,23,26). The Bertz CT molecular complexity index is 1020. The van der Waals surface area contributed by atoms with Crippen molar-refractivity contribution in [2.75, 3.05) is 40.9 Å². The summed E-state index contributed by atoms with van der Waals surface area (Å²) >= 11 is 0. The second kappa shape index (κ2) is 7.58. The summed E-state index contributed by atoms with van der Waals surface area (Å²) in [5.74, 6) is -0.651. The molecular weight excluding hydrogens is 407 g/mol. The Morgan fingerprint density at radius 2 is 1.76 bits per heavy atom. The molecule has 0 radical (unpaired) electrons. The van der Waals surface area contributed by atoms with Crippen molar-refractivity contribution in [2.45, 2.75) is 12.6 Å². The first kappa shape index (κ1) is 21.0. The largest absolute Gasteiger partial charge is 0.418 e. The summed E-state index contributed by atoms with van der Waals surface area (Å²) in [6.45, 7) is 0.362. The van der Waals surface area contributed by atoms with E-state index in [0.29, 0.717) is 24.3 Å². The maximum atomic E-state index is 13.4. The number of hydrogen-bond donors (Lipinski definition) is 1. The van der Waals surface area contributed by atoms with Gasteiger partial charge in [-0.05, 0) is 48.9 Å². The van der Waals surface area contributed by atoms with Crippen molar-refractivity contribution in [2.24, 2.45) is 0 Å². The quantitative estimate of drug-likeness (QED) is 0.810. The number of carbonyl (C=O) groups excluding carboxylic acids is 1. The Hall–Kier alpha value is -2.75. The van der Waals surface area contributed by atoms with Gasteiger partial charge >= 0.3 is 6.18 Å². The molecule has 1 N–H and O–H groups in total. The molecule has 1 heterocycles. The van der Waals surface area contributed by atoms with Gasteiger partial charge < -0.3 is 10.2 Å². The highest BCUT2D eigenvalue weighted by Crippen LogP contribution is 2.37. The summed E-state index contributed by atoms with van der Waals surface area (Å²) < 4.78 is 65.4. The summed E-state index contributed by atoms with van der Waals surface area (Å²) in [7, 11) is -0.109. The Morgan fingerprint density at radius 1 is 1.10 bits per heavy atom. The average molecular weight is 427 g/mol. The molecule has 1 aliphatic heterocycles. The molecule has 0 saturated carbocycles.